The van der Waals surface area contributed by atoms with Gasteiger partial charge in [0.1, 0.15) is 0 Å². The van der Waals surface area contributed by atoms with E-state index in [2.05, 4.69) is 53.7 Å². The van der Waals surface area contributed by atoms with Crippen molar-refractivity contribution in [3.8, 4) is 0 Å². The molecule has 0 fully saturated rings. The fraction of sp³-hybridized carbons (Fsp3) is 0.550. The summed E-state index contributed by atoms with van der Waals surface area (Å²) in [4.78, 5) is 13.1. The second kappa shape index (κ2) is 8.05. The van der Waals surface area contributed by atoms with Gasteiger partial charge in [-0.05, 0) is 48.3 Å². The van der Waals surface area contributed by atoms with Gasteiger partial charge in [-0.1, -0.05) is 59.8 Å². The molecule has 1 atom stereocenters. The molecule has 1 aromatic carbocycles. The lowest BCUT2D eigenvalue weighted by Crippen LogP contribution is -2.12. The van der Waals surface area contributed by atoms with Crippen LogP contribution in [0.5, 0.6) is 0 Å². The molecule has 0 saturated carbocycles. The summed E-state index contributed by atoms with van der Waals surface area (Å²) in [5.74, 6) is 0.815. The molecule has 128 valence electrons. The lowest BCUT2D eigenvalue weighted by atomic mass is 9.89. The Morgan fingerprint density at radius 3 is 1.65 bits per heavy atom. The minimum Gasteiger partial charge on any atom is -0.294 e. The molecule has 0 aliphatic rings. The standard InChI is InChI=1S/C20H30O2S/c1-9-19(15(8)21)23(22)20-17(13(4)5)10-16(12(2)3)11-18(20)14(6)7/h9-14H,1-8H3/b19-9+/t23-/m0/s1. The first-order chi connectivity index (χ1) is 10.6. The molecule has 0 aliphatic carbocycles. The molecule has 3 heteroatoms. The Hall–Kier alpha value is -1.22. The van der Waals surface area contributed by atoms with Gasteiger partial charge >= 0.3 is 0 Å². The number of allylic oxidation sites excluding steroid dienone is 2. The first kappa shape index (κ1) is 19.8. The van der Waals surface area contributed by atoms with Gasteiger partial charge in [0.05, 0.1) is 20.6 Å². The lowest BCUT2D eigenvalue weighted by molar-refractivity contribution is -0.113. The van der Waals surface area contributed by atoms with E-state index < -0.39 is 10.8 Å². The van der Waals surface area contributed by atoms with Crippen LogP contribution in [-0.2, 0) is 15.6 Å². The summed E-state index contributed by atoms with van der Waals surface area (Å²) < 4.78 is 13.2. The van der Waals surface area contributed by atoms with Crippen LogP contribution >= 0.6 is 0 Å². The maximum atomic E-state index is 13.2. The maximum Gasteiger partial charge on any atom is 0.168 e. The number of hydrogen-bond donors (Lipinski definition) is 0. The third-order valence-corrected chi connectivity index (χ3v) is 5.84. The van der Waals surface area contributed by atoms with E-state index >= 15 is 0 Å². The third-order valence-electron chi connectivity index (χ3n) is 4.07. The zero-order valence-electron chi connectivity index (χ0n) is 15.7. The van der Waals surface area contributed by atoms with E-state index in [0.717, 1.165) is 16.0 Å². The van der Waals surface area contributed by atoms with Gasteiger partial charge in [0.25, 0.3) is 0 Å². The molecule has 2 nitrogen and oxygen atoms in total. The van der Waals surface area contributed by atoms with Crippen molar-refractivity contribution in [1.82, 2.24) is 0 Å². The number of hydrogen-bond acceptors (Lipinski definition) is 2. The summed E-state index contributed by atoms with van der Waals surface area (Å²) in [7, 11) is -1.43. The van der Waals surface area contributed by atoms with E-state index in [1.165, 1.54) is 12.5 Å². The van der Waals surface area contributed by atoms with Crippen molar-refractivity contribution in [2.45, 2.75) is 78.0 Å². The third kappa shape index (κ3) is 4.41. The van der Waals surface area contributed by atoms with E-state index in [1.54, 1.807) is 13.0 Å². The van der Waals surface area contributed by atoms with E-state index in [-0.39, 0.29) is 17.6 Å². The summed E-state index contributed by atoms with van der Waals surface area (Å²) in [6.07, 6.45) is 1.68. The Morgan fingerprint density at radius 2 is 1.39 bits per heavy atom. The monoisotopic (exact) mass is 334 g/mol. The van der Waals surface area contributed by atoms with Gasteiger partial charge < -0.3 is 0 Å². The van der Waals surface area contributed by atoms with Gasteiger partial charge in [-0.25, -0.2) is 4.21 Å². The molecule has 0 N–H and O–H groups in total. The summed E-state index contributed by atoms with van der Waals surface area (Å²) in [5, 5.41) is 0. The Kier molecular flexibility index (Phi) is 6.94. The van der Waals surface area contributed by atoms with Crippen LogP contribution in [0.25, 0.3) is 0 Å². The highest BCUT2D eigenvalue weighted by molar-refractivity contribution is 7.90. The molecule has 0 amide bonds. The van der Waals surface area contributed by atoms with Gasteiger partial charge in [-0.15, -0.1) is 0 Å². The van der Waals surface area contributed by atoms with Crippen LogP contribution in [0.4, 0.5) is 0 Å². The average Bonchev–Trinajstić information content (AvgIpc) is 2.45. The second-order valence-electron chi connectivity index (χ2n) is 6.97. The van der Waals surface area contributed by atoms with Gasteiger partial charge in [-0.2, -0.15) is 0 Å². The molecule has 0 spiro atoms. The zero-order chi connectivity index (χ0) is 17.9. The van der Waals surface area contributed by atoms with E-state index in [4.69, 9.17) is 0 Å². The Morgan fingerprint density at radius 1 is 0.957 bits per heavy atom. The number of benzene rings is 1. The van der Waals surface area contributed by atoms with Crippen molar-refractivity contribution >= 4 is 16.6 Å². The van der Waals surface area contributed by atoms with Crippen LogP contribution in [0.1, 0.15) is 89.8 Å². The summed E-state index contributed by atoms with van der Waals surface area (Å²) in [5.41, 5.74) is 3.46. The average molecular weight is 335 g/mol. The van der Waals surface area contributed by atoms with Crippen LogP contribution in [0, 0.1) is 0 Å². The van der Waals surface area contributed by atoms with Crippen molar-refractivity contribution in [2.24, 2.45) is 0 Å². The topological polar surface area (TPSA) is 34.1 Å². The smallest absolute Gasteiger partial charge is 0.168 e. The second-order valence-corrected chi connectivity index (χ2v) is 8.36. The number of Topliss-reactive ketones (excluding diaryl/α,β-unsaturated/α-hetero) is 1. The highest BCUT2D eigenvalue weighted by Gasteiger charge is 2.24. The molecule has 0 unspecified atom stereocenters. The van der Waals surface area contributed by atoms with Gasteiger partial charge in [-0.3, -0.25) is 4.79 Å². The van der Waals surface area contributed by atoms with Crippen molar-refractivity contribution < 1.29 is 9.00 Å². The van der Waals surface area contributed by atoms with Crippen LogP contribution in [-0.4, -0.2) is 9.99 Å². The number of rotatable bonds is 6. The number of carbonyl (C=O) groups excluding carboxylic acids is 1. The molecule has 1 rings (SSSR count). The highest BCUT2D eigenvalue weighted by atomic mass is 32.2. The molecule has 23 heavy (non-hydrogen) atoms. The lowest BCUT2D eigenvalue weighted by Gasteiger charge is -2.22. The van der Waals surface area contributed by atoms with Crippen molar-refractivity contribution in [3.05, 3.63) is 39.8 Å². The van der Waals surface area contributed by atoms with Crippen LogP contribution in [0.15, 0.2) is 28.0 Å². The number of ketones is 1. The molecular formula is C20H30O2S. The first-order valence-electron chi connectivity index (χ1n) is 8.38. The van der Waals surface area contributed by atoms with Crippen LogP contribution in [0.2, 0.25) is 0 Å². The zero-order valence-corrected chi connectivity index (χ0v) is 16.5. The largest absolute Gasteiger partial charge is 0.294 e. The SMILES string of the molecule is C/C=C(\C(C)=O)[S@](=O)c1c(C(C)C)cc(C(C)C)cc1C(C)C. The van der Waals surface area contributed by atoms with E-state index in [1.807, 2.05) is 0 Å². The predicted octanol–water partition coefficient (Wildman–Crippen LogP) is 5.66. The highest BCUT2D eigenvalue weighted by Crippen LogP contribution is 2.36. The maximum absolute atomic E-state index is 13.2. The minimum atomic E-state index is -1.43. The van der Waals surface area contributed by atoms with E-state index in [0.29, 0.717) is 10.8 Å². The van der Waals surface area contributed by atoms with Gasteiger partial charge in [0.15, 0.2) is 5.78 Å². The normalized spacial score (nSPS) is 14.0. The van der Waals surface area contributed by atoms with Crippen LogP contribution < -0.4 is 0 Å². The van der Waals surface area contributed by atoms with Crippen molar-refractivity contribution in [3.63, 3.8) is 0 Å². The van der Waals surface area contributed by atoms with Gasteiger partial charge in [0.2, 0.25) is 0 Å². The van der Waals surface area contributed by atoms with Gasteiger partial charge in [0, 0.05) is 0 Å². The fourth-order valence-corrected chi connectivity index (χ4v) is 4.37. The quantitative estimate of drug-likeness (QED) is 0.629. The van der Waals surface area contributed by atoms with Crippen LogP contribution in [0.3, 0.4) is 0 Å². The Bertz CT molecular complexity index is 608. The first-order valence-corrected chi connectivity index (χ1v) is 9.53. The predicted molar refractivity (Wildman–Crippen MR) is 99.6 cm³/mol. The van der Waals surface area contributed by atoms with Crippen molar-refractivity contribution in [1.29, 1.82) is 0 Å². The Labute approximate surface area is 143 Å². The molecule has 0 aliphatic heterocycles. The molecule has 0 bridgehead atoms. The minimum absolute atomic E-state index is 0.122. The van der Waals surface area contributed by atoms with Crippen molar-refractivity contribution in [2.75, 3.05) is 0 Å². The summed E-state index contributed by atoms with van der Waals surface area (Å²) in [6, 6.07) is 4.34. The molecule has 0 heterocycles. The molecule has 0 aromatic heterocycles. The molecule has 0 radical (unpaired) electrons. The van der Waals surface area contributed by atoms with E-state index in [9.17, 15) is 9.00 Å². The fourth-order valence-electron chi connectivity index (χ4n) is 2.65. The number of carbonyl (C=O) groups is 1. The summed E-state index contributed by atoms with van der Waals surface area (Å²) in [6.45, 7) is 16.1. The molecule has 0 saturated heterocycles. The molecule has 1 aromatic rings. The summed E-state index contributed by atoms with van der Waals surface area (Å²) >= 11 is 0. The Balaban J connectivity index is 3.74. The molecular weight excluding hydrogens is 304 g/mol.